The second-order valence-corrected chi connectivity index (χ2v) is 6.09. The van der Waals surface area contributed by atoms with Crippen molar-refractivity contribution in [3.8, 4) is 5.75 Å². The van der Waals surface area contributed by atoms with Crippen molar-refractivity contribution in [2.45, 2.75) is 20.0 Å². The molecule has 0 aromatic heterocycles. The molecule has 0 aliphatic rings. The Labute approximate surface area is 146 Å². The lowest BCUT2D eigenvalue weighted by Crippen LogP contribution is -2.30. The molecule has 0 bridgehead atoms. The fourth-order valence-corrected chi connectivity index (χ4v) is 2.63. The predicted molar refractivity (Wildman–Crippen MR) is 98.9 cm³/mol. The molecule has 0 unspecified atom stereocenters. The summed E-state index contributed by atoms with van der Waals surface area (Å²) in [4.78, 5) is 12.5. The summed E-state index contributed by atoms with van der Waals surface area (Å²) < 4.78 is 5.73. The predicted octanol–water partition coefficient (Wildman–Crippen LogP) is 5.21. The molecule has 24 heavy (non-hydrogen) atoms. The number of carbonyl (C=O) groups is 1. The Balaban J connectivity index is 1.75. The molecule has 0 heterocycles. The summed E-state index contributed by atoms with van der Waals surface area (Å²) in [6, 6.07) is 19.1. The van der Waals surface area contributed by atoms with E-state index in [0.29, 0.717) is 10.8 Å². The molecule has 1 N–H and O–H groups in total. The fourth-order valence-electron chi connectivity index (χ4n) is 2.52. The number of aryl methyl sites for hydroxylation is 1. The van der Waals surface area contributed by atoms with Gasteiger partial charge in [-0.1, -0.05) is 48.0 Å². The molecule has 3 aromatic rings. The molecule has 122 valence electrons. The number of hydrogen-bond donors (Lipinski definition) is 1. The number of ether oxygens (including phenoxy) is 1. The van der Waals surface area contributed by atoms with Crippen molar-refractivity contribution in [1.29, 1.82) is 0 Å². The van der Waals surface area contributed by atoms with Gasteiger partial charge in [0.1, 0.15) is 5.75 Å². The number of hydrogen-bond acceptors (Lipinski definition) is 2. The van der Waals surface area contributed by atoms with Crippen molar-refractivity contribution < 1.29 is 9.53 Å². The third kappa shape index (κ3) is 3.52. The monoisotopic (exact) mass is 339 g/mol. The normalized spacial score (nSPS) is 12.0. The van der Waals surface area contributed by atoms with Crippen molar-refractivity contribution >= 4 is 34.0 Å². The van der Waals surface area contributed by atoms with Gasteiger partial charge in [0.25, 0.3) is 5.91 Å². The summed E-state index contributed by atoms with van der Waals surface area (Å²) in [6.45, 7) is 3.63. The standard InChI is InChI=1S/C20H18ClNO2/c1-13-12-16(10-11-18(13)21)24-14(2)20(23)22-19-9-5-7-15-6-3-4-8-17(15)19/h3-12,14H,1-2H3,(H,22,23)/t14-/m1/s1. The molecule has 0 fully saturated rings. The third-order valence-electron chi connectivity index (χ3n) is 3.86. The summed E-state index contributed by atoms with van der Waals surface area (Å²) in [5.41, 5.74) is 1.69. The molecule has 0 spiro atoms. The van der Waals surface area contributed by atoms with E-state index in [9.17, 15) is 4.79 Å². The number of benzene rings is 3. The van der Waals surface area contributed by atoms with E-state index in [1.54, 1.807) is 19.1 Å². The van der Waals surface area contributed by atoms with Gasteiger partial charge in [-0.2, -0.15) is 0 Å². The molecule has 1 amide bonds. The van der Waals surface area contributed by atoms with Crippen LogP contribution in [-0.4, -0.2) is 12.0 Å². The van der Waals surface area contributed by atoms with E-state index in [0.717, 1.165) is 22.0 Å². The SMILES string of the molecule is Cc1cc(O[C@H](C)C(=O)Nc2cccc3ccccc23)ccc1Cl. The van der Waals surface area contributed by atoms with Crippen LogP contribution in [0.3, 0.4) is 0 Å². The molecule has 0 aliphatic carbocycles. The summed E-state index contributed by atoms with van der Waals surface area (Å²) >= 11 is 6.01. The van der Waals surface area contributed by atoms with Crippen LogP contribution < -0.4 is 10.1 Å². The van der Waals surface area contributed by atoms with Crippen molar-refractivity contribution in [3.05, 3.63) is 71.2 Å². The fraction of sp³-hybridized carbons (Fsp3) is 0.150. The molecule has 3 nitrogen and oxygen atoms in total. The molecule has 3 aromatic carbocycles. The molecule has 0 saturated carbocycles. The van der Waals surface area contributed by atoms with Crippen LogP contribution in [0.2, 0.25) is 5.02 Å². The van der Waals surface area contributed by atoms with Crippen LogP contribution in [0.15, 0.2) is 60.7 Å². The largest absolute Gasteiger partial charge is 0.481 e. The quantitative estimate of drug-likeness (QED) is 0.708. The Morgan fingerprint density at radius 3 is 2.62 bits per heavy atom. The van der Waals surface area contributed by atoms with Crippen LogP contribution in [0.1, 0.15) is 12.5 Å². The van der Waals surface area contributed by atoms with Crippen LogP contribution >= 0.6 is 11.6 Å². The van der Waals surface area contributed by atoms with E-state index in [1.807, 2.05) is 55.5 Å². The second kappa shape index (κ2) is 6.93. The third-order valence-corrected chi connectivity index (χ3v) is 4.28. The molecular formula is C20H18ClNO2. The van der Waals surface area contributed by atoms with E-state index in [4.69, 9.17) is 16.3 Å². The zero-order chi connectivity index (χ0) is 17.1. The van der Waals surface area contributed by atoms with Gasteiger partial charge in [0.2, 0.25) is 0 Å². The minimum absolute atomic E-state index is 0.195. The number of amides is 1. The highest BCUT2D eigenvalue weighted by atomic mass is 35.5. The number of carbonyl (C=O) groups excluding carboxylic acids is 1. The molecule has 0 saturated heterocycles. The van der Waals surface area contributed by atoms with Gasteiger partial charge in [0.05, 0.1) is 0 Å². The maximum absolute atomic E-state index is 12.5. The van der Waals surface area contributed by atoms with Gasteiger partial charge in [0.15, 0.2) is 6.10 Å². The van der Waals surface area contributed by atoms with Crippen molar-refractivity contribution in [3.63, 3.8) is 0 Å². The summed E-state index contributed by atoms with van der Waals surface area (Å²) in [7, 11) is 0. The summed E-state index contributed by atoms with van der Waals surface area (Å²) in [5, 5.41) is 5.70. The number of halogens is 1. The lowest BCUT2D eigenvalue weighted by Gasteiger charge is -2.16. The van der Waals surface area contributed by atoms with Gasteiger partial charge in [-0.25, -0.2) is 0 Å². The second-order valence-electron chi connectivity index (χ2n) is 5.69. The minimum Gasteiger partial charge on any atom is -0.481 e. The number of rotatable bonds is 4. The Hall–Kier alpha value is -2.52. The summed E-state index contributed by atoms with van der Waals surface area (Å²) in [6.07, 6.45) is -0.621. The van der Waals surface area contributed by atoms with E-state index >= 15 is 0 Å². The summed E-state index contributed by atoms with van der Waals surface area (Å²) in [5.74, 6) is 0.427. The van der Waals surface area contributed by atoms with Gasteiger partial charge in [0, 0.05) is 16.1 Å². The Morgan fingerprint density at radius 2 is 1.83 bits per heavy atom. The Morgan fingerprint density at radius 1 is 1.08 bits per heavy atom. The zero-order valence-electron chi connectivity index (χ0n) is 13.5. The smallest absolute Gasteiger partial charge is 0.265 e. The van der Waals surface area contributed by atoms with Crippen LogP contribution in [0.25, 0.3) is 10.8 Å². The average molecular weight is 340 g/mol. The first kappa shape index (κ1) is 16.3. The maximum Gasteiger partial charge on any atom is 0.265 e. The molecule has 0 aliphatic heterocycles. The zero-order valence-corrected chi connectivity index (χ0v) is 14.3. The first-order chi connectivity index (χ1) is 11.5. The van der Waals surface area contributed by atoms with E-state index in [2.05, 4.69) is 5.32 Å². The van der Waals surface area contributed by atoms with E-state index in [1.165, 1.54) is 0 Å². The van der Waals surface area contributed by atoms with E-state index in [-0.39, 0.29) is 5.91 Å². The highest BCUT2D eigenvalue weighted by Crippen LogP contribution is 2.24. The van der Waals surface area contributed by atoms with Crippen molar-refractivity contribution in [2.75, 3.05) is 5.32 Å². The molecule has 4 heteroatoms. The minimum atomic E-state index is -0.621. The first-order valence-electron chi connectivity index (χ1n) is 7.76. The Kier molecular flexibility index (Phi) is 4.72. The number of nitrogens with one attached hydrogen (secondary N) is 1. The van der Waals surface area contributed by atoms with Crippen LogP contribution in [0.5, 0.6) is 5.75 Å². The molecule has 1 atom stereocenters. The average Bonchev–Trinajstić information content (AvgIpc) is 2.58. The molecule has 0 radical (unpaired) electrons. The van der Waals surface area contributed by atoms with Gasteiger partial charge < -0.3 is 10.1 Å². The van der Waals surface area contributed by atoms with Gasteiger partial charge >= 0.3 is 0 Å². The van der Waals surface area contributed by atoms with Gasteiger partial charge in [-0.3, -0.25) is 4.79 Å². The Bertz CT molecular complexity index is 886. The van der Waals surface area contributed by atoms with Crippen LogP contribution in [0, 0.1) is 6.92 Å². The lowest BCUT2D eigenvalue weighted by molar-refractivity contribution is -0.122. The number of fused-ring (bicyclic) bond motifs is 1. The number of anilines is 1. The molecular weight excluding hydrogens is 322 g/mol. The van der Waals surface area contributed by atoms with Crippen LogP contribution in [-0.2, 0) is 4.79 Å². The van der Waals surface area contributed by atoms with E-state index < -0.39 is 6.10 Å². The topological polar surface area (TPSA) is 38.3 Å². The van der Waals surface area contributed by atoms with Crippen molar-refractivity contribution in [1.82, 2.24) is 0 Å². The van der Waals surface area contributed by atoms with Crippen molar-refractivity contribution in [2.24, 2.45) is 0 Å². The highest BCUT2D eigenvalue weighted by Gasteiger charge is 2.16. The van der Waals surface area contributed by atoms with Gasteiger partial charge in [-0.15, -0.1) is 0 Å². The lowest BCUT2D eigenvalue weighted by atomic mass is 10.1. The first-order valence-corrected chi connectivity index (χ1v) is 8.14. The molecule has 3 rings (SSSR count). The van der Waals surface area contributed by atoms with Gasteiger partial charge in [-0.05, 0) is 49.1 Å². The highest BCUT2D eigenvalue weighted by molar-refractivity contribution is 6.31. The van der Waals surface area contributed by atoms with Crippen LogP contribution in [0.4, 0.5) is 5.69 Å². The maximum atomic E-state index is 12.5.